The average molecular weight is 601 g/mol. The van der Waals surface area contributed by atoms with E-state index >= 15 is 0 Å². The SMILES string of the molecule is CC(CCN1CCC(c2ccccc2)CC1)CN(C)Sc1ccccc1.Cc1ccc(OCc2ccccc2)c(Cl)c1. The number of benzene rings is 4. The van der Waals surface area contributed by atoms with Crippen molar-refractivity contribution < 1.29 is 4.74 Å². The van der Waals surface area contributed by atoms with Gasteiger partial charge < -0.3 is 9.64 Å². The number of aryl methyl sites for hydroxylation is 1. The van der Waals surface area contributed by atoms with Crippen LogP contribution in [0.5, 0.6) is 5.75 Å². The maximum atomic E-state index is 6.07. The van der Waals surface area contributed by atoms with Gasteiger partial charge in [-0.1, -0.05) is 103 Å². The molecule has 0 aromatic heterocycles. The minimum Gasteiger partial charge on any atom is -0.487 e. The Morgan fingerprint density at radius 2 is 1.50 bits per heavy atom. The predicted molar refractivity (Wildman–Crippen MR) is 181 cm³/mol. The van der Waals surface area contributed by atoms with E-state index in [0.29, 0.717) is 11.6 Å². The fourth-order valence-electron chi connectivity index (χ4n) is 5.31. The molecule has 0 spiro atoms. The fraction of sp³-hybridized carbons (Fsp3) is 0.351. The normalized spacial score (nSPS) is 14.7. The van der Waals surface area contributed by atoms with Crippen molar-refractivity contribution in [3.8, 4) is 5.75 Å². The summed E-state index contributed by atoms with van der Waals surface area (Å²) < 4.78 is 8.02. The maximum absolute atomic E-state index is 6.07. The van der Waals surface area contributed by atoms with E-state index in [0.717, 1.165) is 35.3 Å². The van der Waals surface area contributed by atoms with Gasteiger partial charge in [0.1, 0.15) is 12.4 Å². The molecule has 0 bridgehead atoms. The van der Waals surface area contributed by atoms with Crippen LogP contribution in [-0.2, 0) is 6.61 Å². The van der Waals surface area contributed by atoms with E-state index in [1.807, 2.05) is 67.4 Å². The summed E-state index contributed by atoms with van der Waals surface area (Å²) in [6.07, 6.45) is 3.90. The highest BCUT2D eigenvalue weighted by atomic mass is 35.5. The van der Waals surface area contributed by atoms with Crippen molar-refractivity contribution in [3.05, 3.63) is 131 Å². The second-order valence-corrected chi connectivity index (χ2v) is 13.0. The summed E-state index contributed by atoms with van der Waals surface area (Å²) in [6.45, 7) is 9.82. The Labute approximate surface area is 263 Å². The Kier molecular flexibility index (Phi) is 13.3. The van der Waals surface area contributed by atoms with E-state index in [-0.39, 0.29) is 0 Å². The van der Waals surface area contributed by atoms with E-state index in [9.17, 15) is 0 Å². The first-order chi connectivity index (χ1) is 20.5. The molecule has 5 rings (SSSR count). The van der Waals surface area contributed by atoms with E-state index < -0.39 is 0 Å². The molecule has 5 heteroatoms. The zero-order valence-electron chi connectivity index (χ0n) is 25.3. The number of hydrogen-bond acceptors (Lipinski definition) is 4. The number of nitrogens with zero attached hydrogens (tertiary/aromatic N) is 2. The average Bonchev–Trinajstić information content (AvgIpc) is 3.01. The van der Waals surface area contributed by atoms with Crippen molar-refractivity contribution >= 4 is 23.5 Å². The molecular formula is C37H45ClN2OS. The Morgan fingerprint density at radius 1 is 0.881 bits per heavy atom. The van der Waals surface area contributed by atoms with Crippen molar-refractivity contribution in [2.75, 3.05) is 33.2 Å². The van der Waals surface area contributed by atoms with Gasteiger partial charge in [0.25, 0.3) is 0 Å². The molecule has 0 amide bonds. The van der Waals surface area contributed by atoms with Gasteiger partial charge in [0.15, 0.2) is 0 Å². The number of likely N-dealkylation sites (tertiary alicyclic amines) is 1. The molecule has 42 heavy (non-hydrogen) atoms. The van der Waals surface area contributed by atoms with Gasteiger partial charge in [0, 0.05) is 11.4 Å². The molecule has 1 unspecified atom stereocenters. The van der Waals surface area contributed by atoms with Crippen LogP contribution in [0.3, 0.4) is 0 Å². The van der Waals surface area contributed by atoms with Crippen molar-refractivity contribution in [1.29, 1.82) is 0 Å². The van der Waals surface area contributed by atoms with Crippen molar-refractivity contribution in [2.24, 2.45) is 5.92 Å². The lowest BCUT2D eigenvalue weighted by molar-refractivity contribution is 0.197. The van der Waals surface area contributed by atoms with Crippen LogP contribution in [0.15, 0.2) is 114 Å². The Hall–Kier alpha value is -2.76. The Balaban J connectivity index is 0.000000216. The third-order valence-electron chi connectivity index (χ3n) is 7.69. The molecule has 0 N–H and O–H groups in total. The van der Waals surface area contributed by atoms with E-state index in [1.54, 1.807) is 0 Å². The minimum absolute atomic E-state index is 0.545. The van der Waals surface area contributed by atoms with Crippen LogP contribution in [0.25, 0.3) is 0 Å². The summed E-state index contributed by atoms with van der Waals surface area (Å²) in [4.78, 5) is 3.99. The molecule has 3 nitrogen and oxygen atoms in total. The second kappa shape index (κ2) is 17.4. The number of hydrogen-bond donors (Lipinski definition) is 0. The summed E-state index contributed by atoms with van der Waals surface area (Å²) >= 11 is 7.92. The summed E-state index contributed by atoms with van der Waals surface area (Å²) in [5.74, 6) is 2.22. The van der Waals surface area contributed by atoms with Gasteiger partial charge in [-0.05, 0) is 118 Å². The highest BCUT2D eigenvalue weighted by Gasteiger charge is 2.20. The highest BCUT2D eigenvalue weighted by molar-refractivity contribution is 7.97. The summed E-state index contributed by atoms with van der Waals surface area (Å²) in [7, 11) is 2.21. The fourth-order valence-corrected chi connectivity index (χ4v) is 6.56. The molecule has 4 aromatic carbocycles. The lowest BCUT2D eigenvalue weighted by atomic mass is 9.89. The second-order valence-electron chi connectivity index (χ2n) is 11.3. The first kappa shape index (κ1) is 32.2. The lowest BCUT2D eigenvalue weighted by Gasteiger charge is -2.33. The molecule has 1 saturated heterocycles. The van der Waals surface area contributed by atoms with Gasteiger partial charge in [-0.15, -0.1) is 0 Å². The van der Waals surface area contributed by atoms with Crippen LogP contribution >= 0.6 is 23.5 Å². The highest BCUT2D eigenvalue weighted by Crippen LogP contribution is 2.29. The Bertz CT molecular complexity index is 1300. The van der Waals surface area contributed by atoms with Crippen LogP contribution in [0.4, 0.5) is 0 Å². The number of piperidine rings is 1. The smallest absolute Gasteiger partial charge is 0.138 e. The zero-order chi connectivity index (χ0) is 29.6. The van der Waals surface area contributed by atoms with Crippen LogP contribution in [0, 0.1) is 12.8 Å². The molecule has 0 aliphatic carbocycles. The van der Waals surface area contributed by atoms with Gasteiger partial charge in [-0.25, -0.2) is 4.31 Å². The Morgan fingerprint density at radius 3 is 2.14 bits per heavy atom. The topological polar surface area (TPSA) is 15.7 Å². The van der Waals surface area contributed by atoms with E-state index in [1.165, 1.54) is 49.4 Å². The molecule has 1 fully saturated rings. The quantitative estimate of drug-likeness (QED) is 0.159. The molecule has 1 aliphatic rings. The zero-order valence-corrected chi connectivity index (χ0v) is 26.9. The molecular weight excluding hydrogens is 556 g/mol. The summed E-state index contributed by atoms with van der Waals surface area (Å²) in [5.41, 5.74) is 3.80. The molecule has 4 aromatic rings. The van der Waals surface area contributed by atoms with Crippen molar-refractivity contribution in [1.82, 2.24) is 9.21 Å². The third-order valence-corrected chi connectivity index (χ3v) is 8.93. The largest absolute Gasteiger partial charge is 0.487 e. The third kappa shape index (κ3) is 11.1. The first-order valence-electron chi connectivity index (χ1n) is 15.1. The summed E-state index contributed by atoms with van der Waals surface area (Å²) in [5, 5.41) is 0.663. The van der Waals surface area contributed by atoms with Gasteiger partial charge in [0.05, 0.1) is 5.02 Å². The van der Waals surface area contributed by atoms with Crippen LogP contribution in [0.1, 0.15) is 48.8 Å². The molecule has 222 valence electrons. The van der Waals surface area contributed by atoms with Gasteiger partial charge in [-0.2, -0.15) is 0 Å². The lowest BCUT2D eigenvalue weighted by Crippen LogP contribution is -2.35. The monoisotopic (exact) mass is 600 g/mol. The van der Waals surface area contributed by atoms with Gasteiger partial charge in [0.2, 0.25) is 0 Å². The first-order valence-corrected chi connectivity index (χ1v) is 16.3. The number of ether oxygens (including phenoxy) is 1. The maximum Gasteiger partial charge on any atom is 0.138 e. The predicted octanol–water partition coefficient (Wildman–Crippen LogP) is 9.76. The number of rotatable bonds is 11. The van der Waals surface area contributed by atoms with Crippen molar-refractivity contribution in [2.45, 2.75) is 50.5 Å². The minimum atomic E-state index is 0.545. The van der Waals surface area contributed by atoms with Crippen LogP contribution < -0.4 is 4.74 Å². The number of halogens is 1. The molecule has 1 heterocycles. The van der Waals surface area contributed by atoms with E-state index in [4.69, 9.17) is 16.3 Å². The summed E-state index contributed by atoms with van der Waals surface area (Å²) in [6, 6.07) is 37.6. The van der Waals surface area contributed by atoms with Crippen molar-refractivity contribution in [3.63, 3.8) is 0 Å². The molecule has 1 aliphatic heterocycles. The standard InChI is InChI=1S/C23H32N2S.C14H13ClO/c1-20(19-24(2)26-23-11-7-4-8-12-23)13-16-25-17-14-22(15-18-25)21-9-5-3-6-10-21;1-11-7-8-14(13(15)9-11)16-10-12-5-3-2-4-6-12/h3-12,20,22H,13-19H2,1-2H3;2-9H,10H2,1H3. The van der Waals surface area contributed by atoms with Gasteiger partial charge in [-0.3, -0.25) is 0 Å². The van der Waals surface area contributed by atoms with Crippen LogP contribution in [0.2, 0.25) is 5.02 Å². The molecule has 0 radical (unpaired) electrons. The molecule has 1 atom stereocenters. The molecule has 0 saturated carbocycles. The van der Waals surface area contributed by atoms with Crippen LogP contribution in [-0.4, -0.2) is 42.4 Å². The van der Waals surface area contributed by atoms with E-state index in [2.05, 4.69) is 83.8 Å². The van der Waals surface area contributed by atoms with Gasteiger partial charge >= 0.3 is 0 Å².